The Kier molecular flexibility index (Phi) is 4.50. The molecule has 0 aliphatic carbocycles. The largest absolute Gasteiger partial charge is 0.465 e. The van der Waals surface area contributed by atoms with Crippen LogP contribution < -0.4 is 20.1 Å². The zero-order valence-corrected chi connectivity index (χ0v) is 12.3. The first-order chi connectivity index (χ1) is 10.8. The molecule has 0 radical (unpaired) electrons. The number of hydrogen-bond donors (Lipinski definition) is 4. The van der Waals surface area contributed by atoms with Gasteiger partial charge in [-0.05, 0) is 22.1 Å². The molecule has 0 unspecified atom stereocenters. The molecule has 11 nitrogen and oxygen atoms in total. The summed E-state index contributed by atoms with van der Waals surface area (Å²) in [4.78, 5) is 34.8. The monoisotopic (exact) mass is 320 g/mol. The van der Waals surface area contributed by atoms with Crippen LogP contribution in [0.3, 0.4) is 0 Å². The summed E-state index contributed by atoms with van der Waals surface area (Å²) in [7, 11) is 3.76. The average Bonchev–Trinajstić information content (AvgIpc) is 2.45. The van der Waals surface area contributed by atoms with Crippen molar-refractivity contribution in [3.63, 3.8) is 0 Å². The van der Waals surface area contributed by atoms with E-state index in [-0.39, 0.29) is 17.8 Å². The van der Waals surface area contributed by atoms with E-state index in [0.717, 1.165) is 5.69 Å². The molecule has 0 saturated carbocycles. The molecule has 120 valence electrons. The van der Waals surface area contributed by atoms with Crippen LogP contribution in [-0.2, 0) is 0 Å². The summed E-state index contributed by atoms with van der Waals surface area (Å²) in [6.07, 6.45) is 0.548. The maximum absolute atomic E-state index is 10.7. The van der Waals surface area contributed by atoms with Gasteiger partial charge in [0.05, 0.1) is 12.4 Å². The Hall–Kier alpha value is -3.50. The zero-order chi connectivity index (χ0) is 17.0. The normalized spacial score (nSPS) is 10.0. The standard InChI is InChI=1S/C12H13N7O4/c1-18(2)7-3-5-19(6-4-7)10-14-8(16-11(20)21)13-9(15-10)17-12(22)23/h3-6H,1-2H3,(H3-,13,14,15,16,17,20,21,22,23)/p+1. The van der Waals surface area contributed by atoms with E-state index in [1.54, 1.807) is 24.5 Å². The number of pyridine rings is 1. The molecule has 0 bridgehead atoms. The molecule has 2 aromatic rings. The third-order valence-corrected chi connectivity index (χ3v) is 2.62. The highest BCUT2D eigenvalue weighted by atomic mass is 16.4. The second-order valence-corrected chi connectivity index (χ2v) is 4.50. The minimum absolute atomic E-state index is 0.0535. The highest BCUT2D eigenvalue weighted by Crippen LogP contribution is 2.09. The number of nitrogens with zero attached hydrogens (tertiary/aromatic N) is 5. The molecule has 11 heteroatoms. The van der Waals surface area contributed by atoms with Crippen molar-refractivity contribution in [3.05, 3.63) is 24.5 Å². The SMILES string of the molecule is CN(C)c1cc[n+](-c2nc(NC(=O)O)nc(NC(=O)O)n2)cc1. The van der Waals surface area contributed by atoms with E-state index < -0.39 is 12.2 Å². The molecule has 0 atom stereocenters. The van der Waals surface area contributed by atoms with Gasteiger partial charge in [-0.1, -0.05) is 0 Å². The van der Waals surface area contributed by atoms with Crippen molar-refractivity contribution in [2.45, 2.75) is 0 Å². The molecule has 2 aromatic heterocycles. The van der Waals surface area contributed by atoms with Crippen LogP contribution in [-0.4, -0.2) is 51.4 Å². The molecule has 0 aliphatic rings. The first-order valence-electron chi connectivity index (χ1n) is 6.30. The van der Waals surface area contributed by atoms with Gasteiger partial charge < -0.3 is 15.1 Å². The average molecular weight is 320 g/mol. The Balaban J connectivity index is 2.42. The molecule has 2 heterocycles. The molecule has 0 aromatic carbocycles. The molecule has 0 spiro atoms. The van der Waals surface area contributed by atoms with Crippen molar-refractivity contribution in [3.8, 4) is 5.95 Å². The Morgan fingerprint density at radius 1 is 1.00 bits per heavy atom. The molecular weight excluding hydrogens is 306 g/mol. The van der Waals surface area contributed by atoms with Crippen LogP contribution in [0.25, 0.3) is 5.95 Å². The summed E-state index contributed by atoms with van der Waals surface area (Å²) in [5, 5.41) is 21.4. The van der Waals surface area contributed by atoms with Gasteiger partial charge in [-0.25, -0.2) is 24.8 Å². The molecule has 23 heavy (non-hydrogen) atoms. The molecule has 2 amide bonds. The lowest BCUT2D eigenvalue weighted by molar-refractivity contribution is -0.603. The van der Waals surface area contributed by atoms with Gasteiger partial charge in [0.15, 0.2) is 0 Å². The smallest absolute Gasteiger partial charge is 0.444 e. The molecule has 4 N–H and O–H groups in total. The van der Waals surface area contributed by atoms with Crippen LogP contribution >= 0.6 is 0 Å². The third kappa shape index (κ3) is 4.23. The lowest BCUT2D eigenvalue weighted by atomic mass is 10.4. The Morgan fingerprint density at radius 2 is 1.48 bits per heavy atom. The Morgan fingerprint density at radius 3 is 1.87 bits per heavy atom. The fourth-order valence-corrected chi connectivity index (χ4v) is 1.63. The maximum atomic E-state index is 10.7. The van der Waals surface area contributed by atoms with E-state index in [9.17, 15) is 9.59 Å². The van der Waals surface area contributed by atoms with Gasteiger partial charge >= 0.3 is 30.0 Å². The fraction of sp³-hybridized carbons (Fsp3) is 0.167. The van der Waals surface area contributed by atoms with Crippen molar-refractivity contribution in [1.29, 1.82) is 0 Å². The second kappa shape index (κ2) is 6.51. The molecule has 0 saturated heterocycles. The van der Waals surface area contributed by atoms with Crippen LogP contribution in [0.4, 0.5) is 27.2 Å². The van der Waals surface area contributed by atoms with Gasteiger partial charge in [-0.3, -0.25) is 0 Å². The van der Waals surface area contributed by atoms with Crippen LogP contribution in [0.1, 0.15) is 0 Å². The number of rotatable bonds is 4. The minimum atomic E-state index is -1.38. The van der Waals surface area contributed by atoms with Gasteiger partial charge in [0.25, 0.3) is 0 Å². The number of aromatic nitrogens is 4. The molecular formula is C12H14N7O4+. The van der Waals surface area contributed by atoms with E-state index in [1.807, 2.05) is 29.6 Å². The molecule has 0 fully saturated rings. The summed E-state index contributed by atoms with van der Waals surface area (Å²) >= 11 is 0. The Bertz CT molecular complexity index is 698. The number of anilines is 3. The predicted octanol–water partition coefficient (Wildman–Crippen LogP) is 0.394. The van der Waals surface area contributed by atoms with Crippen molar-refractivity contribution in [1.82, 2.24) is 15.0 Å². The number of amides is 2. The van der Waals surface area contributed by atoms with Crippen molar-refractivity contribution in [2.75, 3.05) is 29.6 Å². The summed E-state index contributed by atoms with van der Waals surface area (Å²) < 4.78 is 1.49. The fourth-order valence-electron chi connectivity index (χ4n) is 1.63. The molecule has 0 aliphatic heterocycles. The lowest BCUT2D eigenvalue weighted by Crippen LogP contribution is -2.34. The number of carboxylic acid groups (broad SMARTS) is 2. The molecule has 2 rings (SSSR count). The van der Waals surface area contributed by atoms with Crippen LogP contribution in [0.15, 0.2) is 24.5 Å². The van der Waals surface area contributed by atoms with Crippen molar-refractivity contribution in [2.24, 2.45) is 0 Å². The van der Waals surface area contributed by atoms with E-state index in [0.29, 0.717) is 0 Å². The topological polar surface area (TPSA) is 144 Å². The highest BCUT2D eigenvalue weighted by molar-refractivity contribution is 5.82. The highest BCUT2D eigenvalue weighted by Gasteiger charge is 2.20. The first kappa shape index (κ1) is 15.9. The van der Waals surface area contributed by atoms with Gasteiger partial charge in [-0.2, -0.15) is 0 Å². The number of nitrogens with one attached hydrogen (secondary N) is 2. The maximum Gasteiger partial charge on any atom is 0.444 e. The first-order valence-corrected chi connectivity index (χ1v) is 6.30. The number of hydrogen-bond acceptors (Lipinski definition) is 6. The Labute approximate surface area is 130 Å². The number of carbonyl (C=O) groups is 2. The summed E-state index contributed by atoms with van der Waals surface area (Å²) in [6, 6.07) is 3.58. The lowest BCUT2D eigenvalue weighted by Gasteiger charge is -2.11. The summed E-state index contributed by atoms with van der Waals surface area (Å²) in [5.41, 5.74) is 0.933. The van der Waals surface area contributed by atoms with Crippen LogP contribution in [0.2, 0.25) is 0 Å². The zero-order valence-electron chi connectivity index (χ0n) is 12.3. The third-order valence-electron chi connectivity index (χ3n) is 2.62. The van der Waals surface area contributed by atoms with E-state index in [2.05, 4.69) is 15.0 Å². The van der Waals surface area contributed by atoms with Crippen LogP contribution in [0.5, 0.6) is 0 Å². The van der Waals surface area contributed by atoms with E-state index in [1.165, 1.54) is 4.57 Å². The van der Waals surface area contributed by atoms with Gasteiger partial charge in [0.2, 0.25) is 0 Å². The quantitative estimate of drug-likeness (QED) is 0.592. The van der Waals surface area contributed by atoms with Gasteiger partial charge in [0, 0.05) is 19.8 Å². The van der Waals surface area contributed by atoms with Crippen molar-refractivity contribution < 1.29 is 24.4 Å². The van der Waals surface area contributed by atoms with E-state index in [4.69, 9.17) is 10.2 Å². The minimum Gasteiger partial charge on any atom is -0.465 e. The van der Waals surface area contributed by atoms with Gasteiger partial charge in [-0.15, -0.1) is 4.98 Å². The predicted molar refractivity (Wildman–Crippen MR) is 79.0 cm³/mol. The van der Waals surface area contributed by atoms with Crippen LogP contribution in [0, 0.1) is 0 Å². The summed E-state index contributed by atoms with van der Waals surface area (Å²) in [5.74, 6) is -0.538. The van der Waals surface area contributed by atoms with Crippen molar-refractivity contribution >= 4 is 29.8 Å². The van der Waals surface area contributed by atoms with E-state index >= 15 is 0 Å². The summed E-state index contributed by atoms with van der Waals surface area (Å²) in [6.45, 7) is 0. The van der Waals surface area contributed by atoms with Gasteiger partial charge in [0.1, 0.15) is 0 Å². The second-order valence-electron chi connectivity index (χ2n) is 4.50.